The van der Waals surface area contributed by atoms with Gasteiger partial charge >= 0.3 is 0 Å². The second kappa shape index (κ2) is 6.56. The van der Waals surface area contributed by atoms with Crippen molar-refractivity contribution in [3.8, 4) is 0 Å². The highest BCUT2D eigenvalue weighted by Gasteiger charge is 2.18. The van der Waals surface area contributed by atoms with E-state index in [-0.39, 0.29) is 23.5 Å². The van der Waals surface area contributed by atoms with Crippen molar-refractivity contribution >= 4 is 17.7 Å². The summed E-state index contributed by atoms with van der Waals surface area (Å²) < 4.78 is 12.9. The van der Waals surface area contributed by atoms with Gasteiger partial charge in [0.2, 0.25) is 0 Å². The third kappa shape index (κ3) is 3.98. The summed E-state index contributed by atoms with van der Waals surface area (Å²) in [4.78, 5) is 15.3. The minimum Gasteiger partial charge on any atom is -0.395 e. The van der Waals surface area contributed by atoms with Crippen molar-refractivity contribution < 1.29 is 14.3 Å². The number of carbonyl (C=O) groups excluding carboxylic acids is 1. The van der Waals surface area contributed by atoms with Gasteiger partial charge in [-0.3, -0.25) is 9.78 Å². The standard InChI is InChI=1S/C11H15FN2O2S/c1-7(10(6-15)17-2)14-11(16)8-3-9(12)5-13-4-8/h3-5,7,10,15H,6H2,1-2H3,(H,14,16). The van der Waals surface area contributed by atoms with E-state index in [2.05, 4.69) is 10.3 Å². The van der Waals surface area contributed by atoms with E-state index >= 15 is 0 Å². The molecule has 2 atom stereocenters. The van der Waals surface area contributed by atoms with Crippen LogP contribution in [0.15, 0.2) is 18.5 Å². The van der Waals surface area contributed by atoms with Gasteiger partial charge in [-0.25, -0.2) is 4.39 Å². The lowest BCUT2D eigenvalue weighted by molar-refractivity contribution is 0.0935. The van der Waals surface area contributed by atoms with Crippen molar-refractivity contribution in [1.29, 1.82) is 0 Å². The van der Waals surface area contributed by atoms with Crippen LogP contribution in [0.4, 0.5) is 4.39 Å². The molecule has 6 heteroatoms. The molecule has 94 valence electrons. The van der Waals surface area contributed by atoms with Crippen LogP contribution in [0.2, 0.25) is 0 Å². The number of aliphatic hydroxyl groups excluding tert-OH is 1. The van der Waals surface area contributed by atoms with E-state index < -0.39 is 11.7 Å². The van der Waals surface area contributed by atoms with Crippen LogP contribution in [-0.4, -0.2) is 40.2 Å². The Hall–Kier alpha value is -1.14. The van der Waals surface area contributed by atoms with Gasteiger partial charge in [0.1, 0.15) is 5.82 Å². The molecule has 2 N–H and O–H groups in total. The Balaban J connectivity index is 2.66. The summed E-state index contributed by atoms with van der Waals surface area (Å²) in [5, 5.41) is 11.7. The molecule has 0 radical (unpaired) electrons. The lowest BCUT2D eigenvalue weighted by Crippen LogP contribution is -2.41. The van der Waals surface area contributed by atoms with Gasteiger partial charge in [0.15, 0.2) is 0 Å². The second-order valence-corrected chi connectivity index (χ2v) is 4.69. The average Bonchev–Trinajstić information content (AvgIpc) is 2.30. The first-order valence-electron chi connectivity index (χ1n) is 5.13. The molecule has 0 aliphatic carbocycles. The smallest absolute Gasteiger partial charge is 0.253 e. The molecule has 17 heavy (non-hydrogen) atoms. The van der Waals surface area contributed by atoms with E-state index in [9.17, 15) is 9.18 Å². The zero-order valence-corrected chi connectivity index (χ0v) is 10.5. The van der Waals surface area contributed by atoms with E-state index in [0.717, 1.165) is 12.3 Å². The van der Waals surface area contributed by atoms with Crippen LogP contribution >= 0.6 is 11.8 Å². The van der Waals surface area contributed by atoms with E-state index in [4.69, 9.17) is 5.11 Å². The van der Waals surface area contributed by atoms with Gasteiger partial charge in [-0.05, 0) is 19.2 Å². The number of halogens is 1. The summed E-state index contributed by atoms with van der Waals surface area (Å²) in [6, 6.07) is 0.924. The number of aromatic nitrogens is 1. The minimum atomic E-state index is -0.547. The summed E-state index contributed by atoms with van der Waals surface area (Å²) in [5.74, 6) is -0.939. The van der Waals surface area contributed by atoms with E-state index in [1.807, 2.05) is 6.26 Å². The highest BCUT2D eigenvalue weighted by atomic mass is 32.2. The Morgan fingerprint density at radius 2 is 2.35 bits per heavy atom. The summed E-state index contributed by atoms with van der Waals surface area (Å²) in [5.41, 5.74) is 0.176. The number of rotatable bonds is 5. The van der Waals surface area contributed by atoms with Crippen molar-refractivity contribution in [2.24, 2.45) is 0 Å². The van der Waals surface area contributed by atoms with Crippen LogP contribution < -0.4 is 5.32 Å². The molecule has 0 aliphatic heterocycles. The number of hydrogen-bond donors (Lipinski definition) is 2. The molecule has 1 heterocycles. The second-order valence-electron chi connectivity index (χ2n) is 3.61. The number of amides is 1. The van der Waals surface area contributed by atoms with Crippen LogP contribution in [0.25, 0.3) is 0 Å². The van der Waals surface area contributed by atoms with Crippen LogP contribution in [-0.2, 0) is 0 Å². The van der Waals surface area contributed by atoms with E-state index in [0.29, 0.717) is 0 Å². The monoisotopic (exact) mass is 258 g/mol. The molecule has 1 aromatic heterocycles. The Morgan fingerprint density at radius 3 is 2.88 bits per heavy atom. The molecule has 1 rings (SSSR count). The van der Waals surface area contributed by atoms with Gasteiger partial charge in [0, 0.05) is 17.5 Å². The first kappa shape index (κ1) is 13.9. The molecule has 0 aliphatic rings. The van der Waals surface area contributed by atoms with E-state index in [1.165, 1.54) is 18.0 Å². The van der Waals surface area contributed by atoms with Crippen molar-refractivity contribution in [3.05, 3.63) is 29.8 Å². The van der Waals surface area contributed by atoms with Crippen LogP contribution in [0.5, 0.6) is 0 Å². The SMILES string of the molecule is CSC(CO)C(C)NC(=O)c1cncc(F)c1. The topological polar surface area (TPSA) is 62.2 Å². The highest BCUT2D eigenvalue weighted by Crippen LogP contribution is 2.11. The molecule has 0 fully saturated rings. The fourth-order valence-electron chi connectivity index (χ4n) is 1.36. The number of hydrogen-bond acceptors (Lipinski definition) is 4. The van der Waals surface area contributed by atoms with Crippen molar-refractivity contribution in [1.82, 2.24) is 10.3 Å². The van der Waals surface area contributed by atoms with Gasteiger partial charge in [0.25, 0.3) is 5.91 Å². The van der Waals surface area contributed by atoms with E-state index in [1.54, 1.807) is 6.92 Å². The van der Waals surface area contributed by atoms with Gasteiger partial charge in [-0.15, -0.1) is 0 Å². The molecule has 1 amide bonds. The summed E-state index contributed by atoms with van der Waals surface area (Å²) >= 11 is 1.46. The number of nitrogens with zero attached hydrogens (tertiary/aromatic N) is 1. The number of aliphatic hydroxyl groups is 1. The fraction of sp³-hybridized carbons (Fsp3) is 0.455. The predicted octanol–water partition coefficient (Wildman–Crippen LogP) is 1.06. The molecule has 0 bridgehead atoms. The molecular formula is C11H15FN2O2S. The highest BCUT2D eigenvalue weighted by molar-refractivity contribution is 7.99. The number of thioether (sulfide) groups is 1. The maximum Gasteiger partial charge on any atom is 0.253 e. The quantitative estimate of drug-likeness (QED) is 0.829. The molecule has 4 nitrogen and oxygen atoms in total. The zero-order valence-electron chi connectivity index (χ0n) is 9.68. The lowest BCUT2D eigenvalue weighted by atomic mass is 10.2. The predicted molar refractivity (Wildman–Crippen MR) is 65.5 cm³/mol. The van der Waals surface area contributed by atoms with Crippen LogP contribution in [0, 0.1) is 5.82 Å². The fourth-order valence-corrected chi connectivity index (χ4v) is 1.98. The molecule has 0 spiro atoms. The Kier molecular flexibility index (Phi) is 5.37. The van der Waals surface area contributed by atoms with Gasteiger partial charge in [-0.1, -0.05) is 0 Å². The first-order valence-corrected chi connectivity index (χ1v) is 6.42. The van der Waals surface area contributed by atoms with Gasteiger partial charge in [-0.2, -0.15) is 11.8 Å². The third-order valence-corrected chi connectivity index (χ3v) is 3.53. The summed E-state index contributed by atoms with van der Waals surface area (Å²) in [7, 11) is 0. The minimum absolute atomic E-state index is 0.0238. The molecule has 0 saturated carbocycles. The maximum atomic E-state index is 12.9. The molecular weight excluding hydrogens is 243 g/mol. The number of nitrogens with one attached hydrogen (secondary N) is 1. The normalized spacial score (nSPS) is 14.1. The number of pyridine rings is 1. The van der Waals surface area contributed by atoms with Crippen LogP contribution in [0.3, 0.4) is 0 Å². The van der Waals surface area contributed by atoms with Gasteiger partial charge in [0.05, 0.1) is 18.4 Å². The summed E-state index contributed by atoms with van der Waals surface area (Å²) in [6.07, 6.45) is 4.20. The molecule has 0 saturated heterocycles. The van der Waals surface area contributed by atoms with Crippen molar-refractivity contribution in [3.63, 3.8) is 0 Å². The number of carbonyl (C=O) groups is 1. The molecule has 2 unspecified atom stereocenters. The van der Waals surface area contributed by atoms with Crippen molar-refractivity contribution in [2.75, 3.05) is 12.9 Å². The molecule has 1 aromatic rings. The zero-order chi connectivity index (χ0) is 12.8. The van der Waals surface area contributed by atoms with Crippen LogP contribution in [0.1, 0.15) is 17.3 Å². The summed E-state index contributed by atoms with van der Waals surface area (Å²) in [6.45, 7) is 1.77. The Morgan fingerprint density at radius 1 is 1.65 bits per heavy atom. The Labute approximate surface area is 104 Å². The Bertz CT molecular complexity index is 385. The van der Waals surface area contributed by atoms with Crippen molar-refractivity contribution in [2.45, 2.75) is 18.2 Å². The third-order valence-electron chi connectivity index (χ3n) is 2.37. The molecule has 0 aromatic carbocycles. The maximum absolute atomic E-state index is 12.9. The first-order chi connectivity index (χ1) is 8.08. The largest absolute Gasteiger partial charge is 0.395 e. The van der Waals surface area contributed by atoms with Gasteiger partial charge < -0.3 is 10.4 Å². The lowest BCUT2D eigenvalue weighted by Gasteiger charge is -2.21. The average molecular weight is 258 g/mol.